The Labute approximate surface area is 61.6 Å². The highest BCUT2D eigenvalue weighted by atomic mass is 16.5. The molecule has 0 rings (SSSR count). The normalized spacial score (nSPS) is 12.0. The molecule has 3 nitrogen and oxygen atoms in total. The van der Waals surface area contributed by atoms with Crippen LogP contribution in [0.15, 0.2) is 0 Å². The van der Waals surface area contributed by atoms with Crippen LogP contribution >= 0.6 is 0 Å². The molecule has 2 N–H and O–H groups in total. The molecule has 0 bridgehead atoms. The fourth-order valence-electron chi connectivity index (χ4n) is 0.773. The van der Waals surface area contributed by atoms with Crippen molar-refractivity contribution in [1.82, 2.24) is 0 Å². The second-order valence-electron chi connectivity index (χ2n) is 2.60. The molecule has 0 atom stereocenters. The first-order valence-electron chi connectivity index (χ1n) is 3.45. The fourth-order valence-corrected chi connectivity index (χ4v) is 0.773. The lowest BCUT2D eigenvalue weighted by Gasteiger charge is -2.26. The maximum atomic E-state index is 8.87. The van der Waals surface area contributed by atoms with E-state index in [-0.39, 0.29) is 13.2 Å². The van der Waals surface area contributed by atoms with Crippen LogP contribution in [0.3, 0.4) is 0 Å². The summed E-state index contributed by atoms with van der Waals surface area (Å²) in [5.41, 5.74) is -0.436. The molecule has 0 saturated heterocycles. The van der Waals surface area contributed by atoms with E-state index in [2.05, 4.69) is 0 Å². The van der Waals surface area contributed by atoms with E-state index in [0.29, 0.717) is 6.61 Å². The van der Waals surface area contributed by atoms with Crippen molar-refractivity contribution in [2.45, 2.75) is 13.3 Å². The summed E-state index contributed by atoms with van der Waals surface area (Å²) < 4.78 is 4.86. The lowest BCUT2D eigenvalue weighted by atomic mass is 9.88. The smallest absolute Gasteiger partial charge is 0.0562 e. The van der Waals surface area contributed by atoms with Crippen molar-refractivity contribution in [2.75, 3.05) is 26.9 Å². The zero-order valence-electron chi connectivity index (χ0n) is 6.63. The Morgan fingerprint density at radius 3 is 1.90 bits per heavy atom. The second-order valence-corrected chi connectivity index (χ2v) is 2.60. The molecule has 62 valence electrons. The van der Waals surface area contributed by atoms with E-state index >= 15 is 0 Å². The summed E-state index contributed by atoms with van der Waals surface area (Å²) in [7, 11) is 1.57. The van der Waals surface area contributed by atoms with Gasteiger partial charge >= 0.3 is 0 Å². The molecule has 0 aliphatic rings. The van der Waals surface area contributed by atoms with E-state index in [9.17, 15) is 0 Å². The highest BCUT2D eigenvalue weighted by molar-refractivity contribution is 4.75. The van der Waals surface area contributed by atoms with Gasteiger partial charge in [-0.25, -0.2) is 0 Å². The summed E-state index contributed by atoms with van der Waals surface area (Å²) in [6, 6.07) is 0. The largest absolute Gasteiger partial charge is 0.396 e. The van der Waals surface area contributed by atoms with Gasteiger partial charge < -0.3 is 14.9 Å². The third kappa shape index (κ3) is 2.25. The lowest BCUT2D eigenvalue weighted by Crippen LogP contribution is -2.33. The van der Waals surface area contributed by atoms with E-state index in [4.69, 9.17) is 14.9 Å². The van der Waals surface area contributed by atoms with Crippen molar-refractivity contribution < 1.29 is 14.9 Å². The zero-order chi connectivity index (χ0) is 8.04. The minimum Gasteiger partial charge on any atom is -0.396 e. The lowest BCUT2D eigenvalue weighted by molar-refractivity contribution is -0.0139. The van der Waals surface area contributed by atoms with Crippen LogP contribution in [0.2, 0.25) is 0 Å². The molecule has 0 unspecified atom stereocenters. The molecule has 0 aliphatic heterocycles. The van der Waals surface area contributed by atoms with Crippen LogP contribution in [0, 0.1) is 5.41 Å². The summed E-state index contributed by atoms with van der Waals surface area (Å²) in [4.78, 5) is 0. The zero-order valence-corrected chi connectivity index (χ0v) is 6.63. The first-order chi connectivity index (χ1) is 4.74. The van der Waals surface area contributed by atoms with E-state index in [1.807, 2.05) is 6.92 Å². The van der Waals surface area contributed by atoms with Gasteiger partial charge in [0.15, 0.2) is 0 Å². The molecule has 0 spiro atoms. The molecule has 10 heavy (non-hydrogen) atoms. The van der Waals surface area contributed by atoms with Crippen LogP contribution in [0.25, 0.3) is 0 Å². The van der Waals surface area contributed by atoms with E-state index in [0.717, 1.165) is 6.42 Å². The van der Waals surface area contributed by atoms with Crippen molar-refractivity contribution in [2.24, 2.45) is 5.41 Å². The number of methoxy groups -OCH3 is 1. The molecule has 0 saturated carbocycles. The van der Waals surface area contributed by atoms with Crippen LogP contribution in [-0.4, -0.2) is 37.1 Å². The summed E-state index contributed by atoms with van der Waals surface area (Å²) in [6.45, 7) is 2.30. The molecular formula is C7H16O3. The standard InChI is InChI=1S/C7H16O3/c1-3-7(4-8,5-9)6-10-2/h8-9H,3-6H2,1-2H3. The van der Waals surface area contributed by atoms with Crippen molar-refractivity contribution in [3.05, 3.63) is 0 Å². The summed E-state index contributed by atoms with van der Waals surface area (Å²) in [5.74, 6) is 0. The molecule has 0 radical (unpaired) electrons. The highest BCUT2D eigenvalue weighted by Gasteiger charge is 2.26. The second kappa shape index (κ2) is 4.66. The van der Waals surface area contributed by atoms with Gasteiger partial charge in [0, 0.05) is 12.5 Å². The number of aliphatic hydroxyl groups excluding tert-OH is 2. The van der Waals surface area contributed by atoms with Gasteiger partial charge in [-0.2, -0.15) is 0 Å². The third-order valence-electron chi connectivity index (χ3n) is 1.87. The van der Waals surface area contributed by atoms with Gasteiger partial charge in [0.25, 0.3) is 0 Å². The Balaban J connectivity index is 3.87. The molecule has 0 fully saturated rings. The quantitative estimate of drug-likeness (QED) is 0.577. The first-order valence-corrected chi connectivity index (χ1v) is 3.45. The monoisotopic (exact) mass is 148 g/mol. The average Bonchev–Trinajstić information content (AvgIpc) is 2.01. The predicted octanol–water partition coefficient (Wildman–Crippen LogP) is 0.0138. The molecule has 0 aromatic carbocycles. The Morgan fingerprint density at radius 2 is 1.80 bits per heavy atom. The van der Waals surface area contributed by atoms with E-state index in [1.54, 1.807) is 7.11 Å². The Kier molecular flexibility index (Phi) is 4.60. The molecule has 0 amide bonds. The van der Waals surface area contributed by atoms with Gasteiger partial charge in [-0.3, -0.25) is 0 Å². The van der Waals surface area contributed by atoms with Crippen molar-refractivity contribution in [1.29, 1.82) is 0 Å². The van der Waals surface area contributed by atoms with Gasteiger partial charge in [0.05, 0.1) is 19.8 Å². The third-order valence-corrected chi connectivity index (χ3v) is 1.87. The fraction of sp³-hybridized carbons (Fsp3) is 1.00. The highest BCUT2D eigenvalue weighted by Crippen LogP contribution is 2.19. The topological polar surface area (TPSA) is 49.7 Å². The number of aliphatic hydroxyl groups is 2. The number of hydrogen-bond donors (Lipinski definition) is 2. The minimum atomic E-state index is -0.436. The molecular weight excluding hydrogens is 132 g/mol. The predicted molar refractivity (Wildman–Crippen MR) is 38.8 cm³/mol. The van der Waals surface area contributed by atoms with Crippen LogP contribution in [0.1, 0.15) is 13.3 Å². The molecule has 3 heteroatoms. The van der Waals surface area contributed by atoms with Crippen LogP contribution in [0.5, 0.6) is 0 Å². The van der Waals surface area contributed by atoms with Gasteiger partial charge in [0.2, 0.25) is 0 Å². The van der Waals surface area contributed by atoms with Crippen molar-refractivity contribution >= 4 is 0 Å². The van der Waals surface area contributed by atoms with Gasteiger partial charge in [-0.05, 0) is 6.42 Å². The maximum absolute atomic E-state index is 8.87. The number of rotatable bonds is 5. The number of ether oxygens (including phenoxy) is 1. The van der Waals surface area contributed by atoms with Crippen molar-refractivity contribution in [3.63, 3.8) is 0 Å². The van der Waals surface area contributed by atoms with Gasteiger partial charge in [-0.15, -0.1) is 0 Å². The van der Waals surface area contributed by atoms with Gasteiger partial charge in [-0.1, -0.05) is 6.92 Å². The first kappa shape index (κ1) is 9.88. The van der Waals surface area contributed by atoms with Crippen LogP contribution in [0.4, 0.5) is 0 Å². The maximum Gasteiger partial charge on any atom is 0.0562 e. The summed E-state index contributed by atoms with van der Waals surface area (Å²) >= 11 is 0. The Bertz CT molecular complexity index is 70.7. The van der Waals surface area contributed by atoms with Gasteiger partial charge in [0.1, 0.15) is 0 Å². The van der Waals surface area contributed by atoms with Crippen molar-refractivity contribution in [3.8, 4) is 0 Å². The number of hydrogen-bond acceptors (Lipinski definition) is 3. The Hall–Kier alpha value is -0.120. The average molecular weight is 148 g/mol. The molecule has 0 heterocycles. The molecule has 0 aromatic rings. The van der Waals surface area contributed by atoms with E-state index in [1.165, 1.54) is 0 Å². The molecule has 0 aromatic heterocycles. The summed E-state index contributed by atoms with van der Waals surface area (Å²) in [6.07, 6.45) is 0.730. The van der Waals surface area contributed by atoms with Crippen LogP contribution < -0.4 is 0 Å². The van der Waals surface area contributed by atoms with E-state index < -0.39 is 5.41 Å². The SMILES string of the molecule is CCC(CO)(CO)COC. The summed E-state index contributed by atoms with van der Waals surface area (Å²) in [5, 5.41) is 17.7. The minimum absolute atomic E-state index is 0.0200. The molecule has 0 aliphatic carbocycles. The Morgan fingerprint density at radius 1 is 1.30 bits per heavy atom. The van der Waals surface area contributed by atoms with Crippen LogP contribution in [-0.2, 0) is 4.74 Å².